The van der Waals surface area contributed by atoms with Crippen molar-refractivity contribution in [2.24, 2.45) is 0 Å². The average Bonchev–Trinajstić information content (AvgIpc) is 3.17. The summed E-state index contributed by atoms with van der Waals surface area (Å²) in [6.07, 6.45) is 5.59. The highest BCUT2D eigenvalue weighted by Crippen LogP contribution is 2.25. The Labute approximate surface area is 169 Å². The zero-order valence-corrected chi connectivity index (χ0v) is 16.6. The minimum Gasteiger partial charge on any atom is -0.347 e. The molecule has 4 rings (SSSR count). The van der Waals surface area contributed by atoms with E-state index in [0.29, 0.717) is 10.8 Å². The van der Waals surface area contributed by atoms with E-state index in [2.05, 4.69) is 15.4 Å². The Morgan fingerprint density at radius 3 is 2.57 bits per heavy atom. The van der Waals surface area contributed by atoms with Gasteiger partial charge in [0.2, 0.25) is 5.82 Å². The largest absolute Gasteiger partial charge is 0.347 e. The minimum absolute atomic E-state index is 0.182. The molecule has 1 aliphatic carbocycles. The fourth-order valence-corrected chi connectivity index (χ4v) is 3.75. The Morgan fingerprint density at radius 1 is 1.11 bits per heavy atom. The van der Waals surface area contributed by atoms with E-state index in [1.54, 1.807) is 4.68 Å². The van der Waals surface area contributed by atoms with Gasteiger partial charge >= 0.3 is 0 Å². The smallest absolute Gasteiger partial charge is 0.291 e. The number of carbonyl (C=O) groups excluding carboxylic acids is 1. The van der Waals surface area contributed by atoms with E-state index < -0.39 is 0 Å². The summed E-state index contributed by atoms with van der Waals surface area (Å²) in [5.41, 5.74) is 2.66. The molecule has 28 heavy (non-hydrogen) atoms. The second-order valence-corrected chi connectivity index (χ2v) is 7.69. The normalized spacial score (nSPS) is 14.8. The Hall–Kier alpha value is -2.66. The van der Waals surface area contributed by atoms with Gasteiger partial charge < -0.3 is 5.32 Å². The fourth-order valence-electron chi connectivity index (χ4n) is 3.57. The van der Waals surface area contributed by atoms with Gasteiger partial charge in [-0.05, 0) is 37.5 Å². The third kappa shape index (κ3) is 3.94. The molecule has 0 saturated heterocycles. The lowest BCUT2D eigenvalue weighted by Gasteiger charge is -2.21. The third-order valence-corrected chi connectivity index (χ3v) is 5.59. The SMILES string of the molecule is Cc1ccc(-n2nc(C(=O)NC3CCCCC3)nc2-c2ccccc2)cc1Cl. The summed E-state index contributed by atoms with van der Waals surface area (Å²) in [6, 6.07) is 15.7. The monoisotopic (exact) mass is 394 g/mol. The summed E-state index contributed by atoms with van der Waals surface area (Å²) in [5, 5.41) is 8.28. The molecule has 144 valence electrons. The number of benzene rings is 2. The number of nitrogens with zero attached hydrogens (tertiary/aromatic N) is 3. The van der Waals surface area contributed by atoms with Crippen molar-refractivity contribution in [1.29, 1.82) is 0 Å². The molecule has 1 N–H and O–H groups in total. The topological polar surface area (TPSA) is 59.8 Å². The van der Waals surface area contributed by atoms with E-state index in [1.807, 2.05) is 55.5 Å². The lowest BCUT2D eigenvalue weighted by Crippen LogP contribution is -2.36. The molecular weight excluding hydrogens is 372 g/mol. The molecule has 3 aromatic rings. The van der Waals surface area contributed by atoms with Gasteiger partial charge in [0.05, 0.1) is 5.69 Å². The Kier molecular flexibility index (Phi) is 5.44. The van der Waals surface area contributed by atoms with Crippen molar-refractivity contribution in [2.45, 2.75) is 45.1 Å². The highest BCUT2D eigenvalue weighted by Gasteiger charge is 2.22. The number of amides is 1. The molecule has 1 fully saturated rings. The molecule has 6 heteroatoms. The first kappa shape index (κ1) is 18.7. The highest BCUT2D eigenvalue weighted by atomic mass is 35.5. The Morgan fingerprint density at radius 2 is 1.86 bits per heavy atom. The zero-order valence-electron chi connectivity index (χ0n) is 15.9. The molecule has 0 aliphatic heterocycles. The van der Waals surface area contributed by atoms with E-state index in [-0.39, 0.29) is 17.8 Å². The van der Waals surface area contributed by atoms with Gasteiger partial charge in [0.1, 0.15) is 0 Å². The van der Waals surface area contributed by atoms with Crippen LogP contribution in [0.15, 0.2) is 48.5 Å². The summed E-state index contributed by atoms with van der Waals surface area (Å²) < 4.78 is 1.69. The Balaban J connectivity index is 1.71. The van der Waals surface area contributed by atoms with Crippen LogP contribution in [0, 0.1) is 6.92 Å². The summed E-state index contributed by atoms with van der Waals surface area (Å²) in [4.78, 5) is 17.4. The van der Waals surface area contributed by atoms with Gasteiger partial charge in [-0.25, -0.2) is 9.67 Å². The number of hydrogen-bond donors (Lipinski definition) is 1. The first-order chi connectivity index (χ1) is 13.6. The van der Waals surface area contributed by atoms with Crippen LogP contribution in [-0.4, -0.2) is 26.7 Å². The molecule has 2 aromatic carbocycles. The molecule has 1 amide bonds. The maximum Gasteiger partial charge on any atom is 0.291 e. The predicted octanol–water partition coefficient (Wildman–Crippen LogP) is 4.96. The van der Waals surface area contributed by atoms with Crippen LogP contribution in [0.1, 0.15) is 48.3 Å². The Bertz CT molecular complexity index is 977. The second kappa shape index (κ2) is 8.15. The maximum atomic E-state index is 12.8. The lowest BCUT2D eigenvalue weighted by molar-refractivity contribution is 0.0917. The first-order valence-corrected chi connectivity index (χ1v) is 10.1. The maximum absolute atomic E-state index is 12.8. The van der Waals surface area contributed by atoms with Crippen LogP contribution in [-0.2, 0) is 0 Å². The van der Waals surface area contributed by atoms with Crippen LogP contribution in [0.5, 0.6) is 0 Å². The number of nitrogens with one attached hydrogen (secondary N) is 1. The number of carbonyl (C=O) groups is 1. The number of rotatable bonds is 4. The third-order valence-electron chi connectivity index (χ3n) is 5.18. The molecule has 0 spiro atoms. The van der Waals surface area contributed by atoms with Crippen LogP contribution in [0.25, 0.3) is 17.1 Å². The number of halogens is 1. The summed E-state index contributed by atoms with van der Waals surface area (Å²) >= 11 is 6.32. The van der Waals surface area contributed by atoms with E-state index in [9.17, 15) is 4.79 Å². The molecule has 1 aromatic heterocycles. The van der Waals surface area contributed by atoms with Crippen molar-refractivity contribution in [2.75, 3.05) is 0 Å². The molecule has 0 unspecified atom stereocenters. The molecule has 1 aliphatic rings. The minimum atomic E-state index is -0.221. The number of aromatic nitrogens is 3. The van der Waals surface area contributed by atoms with Crippen molar-refractivity contribution in [3.8, 4) is 17.1 Å². The molecule has 0 atom stereocenters. The first-order valence-electron chi connectivity index (χ1n) is 9.72. The predicted molar refractivity (Wildman–Crippen MR) is 111 cm³/mol. The second-order valence-electron chi connectivity index (χ2n) is 7.28. The fraction of sp³-hybridized carbons (Fsp3) is 0.318. The standard InChI is InChI=1S/C22H23ClN4O/c1-15-12-13-18(14-19(15)23)27-21(16-8-4-2-5-9-16)25-20(26-27)22(28)24-17-10-6-3-7-11-17/h2,4-5,8-9,12-14,17H,3,6-7,10-11H2,1H3,(H,24,28). The molecule has 5 nitrogen and oxygen atoms in total. The van der Waals surface area contributed by atoms with Gasteiger partial charge in [0, 0.05) is 16.6 Å². The van der Waals surface area contributed by atoms with Gasteiger partial charge in [0.15, 0.2) is 5.82 Å². The van der Waals surface area contributed by atoms with Gasteiger partial charge in [-0.1, -0.05) is 67.3 Å². The van der Waals surface area contributed by atoms with E-state index in [0.717, 1.165) is 42.5 Å². The molecule has 0 bridgehead atoms. The lowest BCUT2D eigenvalue weighted by atomic mass is 9.95. The summed E-state index contributed by atoms with van der Waals surface area (Å²) in [7, 11) is 0. The van der Waals surface area contributed by atoms with E-state index in [1.165, 1.54) is 6.42 Å². The molecular formula is C22H23ClN4O. The molecule has 1 heterocycles. The van der Waals surface area contributed by atoms with Gasteiger partial charge in [0.25, 0.3) is 5.91 Å². The van der Waals surface area contributed by atoms with E-state index in [4.69, 9.17) is 11.6 Å². The molecule has 0 radical (unpaired) electrons. The average molecular weight is 395 g/mol. The summed E-state index contributed by atoms with van der Waals surface area (Å²) in [5.74, 6) is 0.580. The van der Waals surface area contributed by atoms with Crippen LogP contribution >= 0.6 is 11.6 Å². The number of aryl methyl sites for hydroxylation is 1. The van der Waals surface area contributed by atoms with Gasteiger partial charge in [-0.3, -0.25) is 4.79 Å². The van der Waals surface area contributed by atoms with Crippen LogP contribution in [0.4, 0.5) is 0 Å². The van der Waals surface area contributed by atoms with Crippen LogP contribution < -0.4 is 5.32 Å². The quantitative estimate of drug-likeness (QED) is 0.680. The number of hydrogen-bond acceptors (Lipinski definition) is 3. The van der Waals surface area contributed by atoms with Gasteiger partial charge in [-0.2, -0.15) is 0 Å². The highest BCUT2D eigenvalue weighted by molar-refractivity contribution is 6.31. The van der Waals surface area contributed by atoms with Crippen LogP contribution in [0.2, 0.25) is 5.02 Å². The zero-order chi connectivity index (χ0) is 19.5. The van der Waals surface area contributed by atoms with Crippen molar-refractivity contribution in [1.82, 2.24) is 20.1 Å². The van der Waals surface area contributed by atoms with Gasteiger partial charge in [-0.15, -0.1) is 5.10 Å². The van der Waals surface area contributed by atoms with Crippen molar-refractivity contribution in [3.63, 3.8) is 0 Å². The molecule has 1 saturated carbocycles. The van der Waals surface area contributed by atoms with Crippen LogP contribution in [0.3, 0.4) is 0 Å². The van der Waals surface area contributed by atoms with Crippen molar-refractivity contribution in [3.05, 3.63) is 64.9 Å². The van der Waals surface area contributed by atoms with Crippen molar-refractivity contribution < 1.29 is 4.79 Å². The van der Waals surface area contributed by atoms with Crippen molar-refractivity contribution >= 4 is 17.5 Å². The summed E-state index contributed by atoms with van der Waals surface area (Å²) in [6.45, 7) is 1.95. The van der Waals surface area contributed by atoms with E-state index >= 15 is 0 Å².